The number of likely N-dealkylation sites (N-methyl/N-ethyl adjacent to an activating group) is 1. The Morgan fingerprint density at radius 3 is 3.00 bits per heavy atom. The monoisotopic (exact) mass is 235 g/mol. The Labute approximate surface area is 103 Å². The zero-order valence-electron chi connectivity index (χ0n) is 10.6. The summed E-state index contributed by atoms with van der Waals surface area (Å²) < 4.78 is 5.78. The van der Waals surface area contributed by atoms with Crippen LogP contribution in [0.25, 0.3) is 0 Å². The predicted molar refractivity (Wildman–Crippen MR) is 69.8 cm³/mol. The molecule has 94 valence electrons. The maximum Gasteiger partial charge on any atom is 0.142 e. The molecule has 0 aliphatic carbocycles. The van der Waals surface area contributed by atoms with Gasteiger partial charge in [0.25, 0.3) is 0 Å². The third-order valence-electron chi connectivity index (χ3n) is 3.49. The molecule has 3 nitrogen and oxygen atoms in total. The van der Waals surface area contributed by atoms with E-state index in [0.29, 0.717) is 6.04 Å². The number of aliphatic hydroxyl groups excluding tert-OH is 1. The summed E-state index contributed by atoms with van der Waals surface area (Å²) in [5, 5.41) is 8.90. The fraction of sp³-hybridized carbons (Fsp3) is 0.571. The lowest BCUT2D eigenvalue weighted by atomic mass is 10.1. The van der Waals surface area contributed by atoms with E-state index in [1.54, 1.807) is 0 Å². The number of ether oxygens (including phenoxy) is 1. The topological polar surface area (TPSA) is 32.7 Å². The summed E-state index contributed by atoms with van der Waals surface area (Å²) in [6.45, 7) is 3.13. The number of aliphatic hydroxyl groups is 1. The van der Waals surface area contributed by atoms with Crippen LogP contribution in [0.15, 0.2) is 18.2 Å². The molecule has 0 bridgehead atoms. The van der Waals surface area contributed by atoms with Gasteiger partial charge in [0.1, 0.15) is 12.4 Å². The second kappa shape index (κ2) is 5.41. The molecule has 0 saturated carbocycles. The summed E-state index contributed by atoms with van der Waals surface area (Å²) in [5.41, 5.74) is 2.51. The zero-order valence-corrected chi connectivity index (χ0v) is 10.6. The van der Waals surface area contributed by atoms with Crippen LogP contribution >= 0.6 is 0 Å². The van der Waals surface area contributed by atoms with Crippen molar-refractivity contribution in [2.45, 2.75) is 32.2 Å². The fourth-order valence-corrected chi connectivity index (χ4v) is 2.28. The van der Waals surface area contributed by atoms with Crippen molar-refractivity contribution < 1.29 is 9.84 Å². The molecule has 1 aliphatic rings. The van der Waals surface area contributed by atoms with Gasteiger partial charge in [-0.1, -0.05) is 13.0 Å². The SMILES string of the molecule is CCc1ccc2c(c1)N(C)C(CCCO)CO2. The van der Waals surface area contributed by atoms with E-state index in [1.165, 1.54) is 11.3 Å². The number of benzene rings is 1. The molecule has 0 spiro atoms. The van der Waals surface area contributed by atoms with Crippen molar-refractivity contribution in [3.8, 4) is 5.75 Å². The molecular weight excluding hydrogens is 214 g/mol. The zero-order chi connectivity index (χ0) is 12.3. The van der Waals surface area contributed by atoms with Gasteiger partial charge in [-0.25, -0.2) is 0 Å². The Morgan fingerprint density at radius 2 is 2.29 bits per heavy atom. The van der Waals surface area contributed by atoms with E-state index in [2.05, 4.69) is 37.1 Å². The largest absolute Gasteiger partial charge is 0.489 e. The molecule has 1 heterocycles. The van der Waals surface area contributed by atoms with E-state index >= 15 is 0 Å². The highest BCUT2D eigenvalue weighted by atomic mass is 16.5. The molecule has 1 aromatic carbocycles. The summed E-state index contributed by atoms with van der Waals surface area (Å²) in [6.07, 6.45) is 2.85. The van der Waals surface area contributed by atoms with Gasteiger partial charge in [0.2, 0.25) is 0 Å². The third kappa shape index (κ3) is 2.55. The average molecular weight is 235 g/mol. The Kier molecular flexibility index (Phi) is 3.89. The highest BCUT2D eigenvalue weighted by Crippen LogP contribution is 2.34. The number of rotatable bonds is 4. The molecule has 3 heteroatoms. The highest BCUT2D eigenvalue weighted by Gasteiger charge is 2.24. The number of hydrogen-bond acceptors (Lipinski definition) is 3. The maximum atomic E-state index is 8.90. The predicted octanol–water partition coefficient (Wildman–Crippen LogP) is 2.22. The lowest BCUT2D eigenvalue weighted by Crippen LogP contribution is -2.40. The summed E-state index contributed by atoms with van der Waals surface area (Å²) >= 11 is 0. The standard InChI is InChI=1S/C14H21NO2/c1-3-11-6-7-14-13(9-11)15(2)12(10-17-14)5-4-8-16/h6-7,9,12,16H,3-5,8,10H2,1-2H3. The van der Waals surface area contributed by atoms with E-state index < -0.39 is 0 Å². The minimum Gasteiger partial charge on any atom is -0.489 e. The van der Waals surface area contributed by atoms with Gasteiger partial charge in [-0.05, 0) is 37.0 Å². The molecule has 0 amide bonds. The molecule has 0 fully saturated rings. The maximum absolute atomic E-state index is 8.90. The van der Waals surface area contributed by atoms with E-state index in [4.69, 9.17) is 9.84 Å². The van der Waals surface area contributed by atoms with Crippen molar-refractivity contribution in [2.24, 2.45) is 0 Å². The van der Waals surface area contributed by atoms with Gasteiger partial charge in [0.05, 0.1) is 11.7 Å². The molecular formula is C14H21NO2. The first kappa shape index (κ1) is 12.2. The second-order valence-corrected chi connectivity index (χ2v) is 4.60. The first-order valence-electron chi connectivity index (χ1n) is 6.35. The van der Waals surface area contributed by atoms with Gasteiger partial charge in [-0.2, -0.15) is 0 Å². The molecule has 0 saturated heterocycles. The third-order valence-corrected chi connectivity index (χ3v) is 3.49. The molecule has 1 aliphatic heterocycles. The summed E-state index contributed by atoms with van der Waals surface area (Å²) in [6, 6.07) is 6.77. The lowest BCUT2D eigenvalue weighted by Gasteiger charge is -2.36. The first-order chi connectivity index (χ1) is 8.26. The van der Waals surface area contributed by atoms with E-state index in [0.717, 1.165) is 31.6 Å². The number of anilines is 1. The molecule has 1 aromatic rings. The fourth-order valence-electron chi connectivity index (χ4n) is 2.28. The minimum atomic E-state index is 0.256. The normalized spacial score (nSPS) is 18.8. The van der Waals surface area contributed by atoms with Crippen molar-refractivity contribution in [3.05, 3.63) is 23.8 Å². The van der Waals surface area contributed by atoms with Gasteiger partial charge >= 0.3 is 0 Å². The number of nitrogens with zero attached hydrogens (tertiary/aromatic N) is 1. The van der Waals surface area contributed by atoms with Crippen LogP contribution in [0.1, 0.15) is 25.3 Å². The molecule has 17 heavy (non-hydrogen) atoms. The van der Waals surface area contributed by atoms with Crippen molar-refractivity contribution in [3.63, 3.8) is 0 Å². The van der Waals surface area contributed by atoms with Gasteiger partial charge in [-0.15, -0.1) is 0 Å². The van der Waals surface area contributed by atoms with Crippen LogP contribution in [0.2, 0.25) is 0 Å². The second-order valence-electron chi connectivity index (χ2n) is 4.60. The summed E-state index contributed by atoms with van der Waals surface area (Å²) in [4.78, 5) is 2.29. The molecule has 1 N–H and O–H groups in total. The quantitative estimate of drug-likeness (QED) is 0.868. The Balaban J connectivity index is 2.18. The van der Waals surface area contributed by atoms with E-state index in [-0.39, 0.29) is 6.61 Å². The van der Waals surface area contributed by atoms with Crippen LogP contribution in [0.5, 0.6) is 5.75 Å². The minimum absolute atomic E-state index is 0.256. The Bertz CT molecular complexity index is 378. The van der Waals surface area contributed by atoms with Crippen molar-refractivity contribution in [1.82, 2.24) is 0 Å². The highest BCUT2D eigenvalue weighted by molar-refractivity contribution is 5.61. The molecule has 0 radical (unpaired) electrons. The summed E-state index contributed by atoms with van der Waals surface area (Å²) in [7, 11) is 2.11. The van der Waals surface area contributed by atoms with Crippen LogP contribution in [-0.2, 0) is 6.42 Å². The molecule has 1 atom stereocenters. The van der Waals surface area contributed by atoms with Gasteiger partial charge < -0.3 is 14.7 Å². The van der Waals surface area contributed by atoms with Crippen LogP contribution in [-0.4, -0.2) is 31.4 Å². The Morgan fingerprint density at radius 1 is 1.47 bits per heavy atom. The molecule has 0 aromatic heterocycles. The van der Waals surface area contributed by atoms with Crippen LogP contribution in [0.3, 0.4) is 0 Å². The van der Waals surface area contributed by atoms with Crippen LogP contribution in [0.4, 0.5) is 5.69 Å². The summed E-state index contributed by atoms with van der Waals surface area (Å²) in [5.74, 6) is 0.977. The van der Waals surface area contributed by atoms with E-state index in [1.807, 2.05) is 0 Å². The van der Waals surface area contributed by atoms with Gasteiger partial charge in [-0.3, -0.25) is 0 Å². The average Bonchev–Trinajstić information content (AvgIpc) is 2.38. The number of aryl methyl sites for hydroxylation is 1. The smallest absolute Gasteiger partial charge is 0.142 e. The van der Waals surface area contributed by atoms with Crippen molar-refractivity contribution in [1.29, 1.82) is 0 Å². The van der Waals surface area contributed by atoms with Gasteiger partial charge in [0.15, 0.2) is 0 Å². The van der Waals surface area contributed by atoms with E-state index in [9.17, 15) is 0 Å². The lowest BCUT2D eigenvalue weighted by molar-refractivity contribution is 0.236. The van der Waals surface area contributed by atoms with Gasteiger partial charge in [0, 0.05) is 13.7 Å². The number of fused-ring (bicyclic) bond motifs is 1. The van der Waals surface area contributed by atoms with Crippen molar-refractivity contribution >= 4 is 5.69 Å². The van der Waals surface area contributed by atoms with Crippen molar-refractivity contribution in [2.75, 3.05) is 25.2 Å². The molecule has 2 rings (SSSR count). The first-order valence-corrected chi connectivity index (χ1v) is 6.35. The van der Waals surface area contributed by atoms with Crippen LogP contribution < -0.4 is 9.64 Å². The molecule has 1 unspecified atom stereocenters. The number of hydrogen-bond donors (Lipinski definition) is 1. The van der Waals surface area contributed by atoms with Crippen LogP contribution in [0, 0.1) is 0 Å². The Hall–Kier alpha value is -1.22.